The van der Waals surface area contributed by atoms with Gasteiger partial charge in [-0.2, -0.15) is 0 Å². The van der Waals surface area contributed by atoms with Crippen LogP contribution in [0.4, 0.5) is 17.1 Å². The normalized spacial score (nSPS) is 14.4. The summed E-state index contributed by atoms with van der Waals surface area (Å²) in [5, 5.41) is 3.52. The van der Waals surface area contributed by atoms with E-state index < -0.39 is 0 Å². The highest BCUT2D eigenvalue weighted by atomic mass is 14.9. The number of fused-ring (bicyclic) bond motifs is 1. The molecule has 3 nitrogen and oxygen atoms in total. The summed E-state index contributed by atoms with van der Waals surface area (Å²) in [6.07, 6.45) is 2.14. The van der Waals surface area contributed by atoms with E-state index in [9.17, 15) is 0 Å². The lowest BCUT2D eigenvalue weighted by molar-refractivity contribution is 0.774. The van der Waals surface area contributed by atoms with E-state index >= 15 is 0 Å². The molecule has 2 aromatic carbocycles. The van der Waals surface area contributed by atoms with Crippen LogP contribution >= 0.6 is 0 Å². The molecule has 18 heavy (non-hydrogen) atoms. The Bertz CT molecular complexity index is 553. The van der Waals surface area contributed by atoms with Crippen LogP contribution in [0.2, 0.25) is 0 Å². The highest BCUT2D eigenvalue weighted by Crippen LogP contribution is 2.26. The van der Waals surface area contributed by atoms with Crippen LogP contribution in [-0.2, 0) is 12.8 Å². The molecule has 0 spiro atoms. The van der Waals surface area contributed by atoms with Gasteiger partial charge < -0.3 is 16.8 Å². The van der Waals surface area contributed by atoms with Crippen molar-refractivity contribution >= 4 is 17.1 Å². The van der Waals surface area contributed by atoms with E-state index in [0.29, 0.717) is 17.4 Å². The molecule has 0 amide bonds. The average molecular weight is 239 g/mol. The molecule has 0 saturated carbocycles. The highest BCUT2D eigenvalue weighted by molar-refractivity contribution is 5.69. The van der Waals surface area contributed by atoms with Crippen molar-refractivity contribution in [1.29, 1.82) is 0 Å². The standard InChI is InChI=1S/C15H17N3/c16-14-6-5-12(9-15(14)17)18-13-7-10-3-1-2-4-11(10)8-13/h1-6,9,13,18H,7-8,16-17H2. The van der Waals surface area contributed by atoms with Crippen molar-refractivity contribution in [1.82, 2.24) is 0 Å². The molecule has 1 aliphatic carbocycles. The van der Waals surface area contributed by atoms with Crippen LogP contribution in [0.1, 0.15) is 11.1 Å². The zero-order chi connectivity index (χ0) is 12.5. The first-order valence-corrected chi connectivity index (χ1v) is 6.21. The molecule has 0 fully saturated rings. The number of nitrogens with two attached hydrogens (primary N) is 2. The lowest BCUT2D eigenvalue weighted by atomic mass is 10.1. The van der Waals surface area contributed by atoms with Gasteiger partial charge in [-0.15, -0.1) is 0 Å². The average Bonchev–Trinajstić information content (AvgIpc) is 2.76. The van der Waals surface area contributed by atoms with Crippen molar-refractivity contribution < 1.29 is 0 Å². The smallest absolute Gasteiger partial charge is 0.0568 e. The fourth-order valence-corrected chi connectivity index (χ4v) is 2.56. The second kappa shape index (κ2) is 4.26. The van der Waals surface area contributed by atoms with Crippen molar-refractivity contribution in [2.24, 2.45) is 0 Å². The number of nitrogen functional groups attached to an aromatic ring is 2. The summed E-state index contributed by atoms with van der Waals surface area (Å²) in [6, 6.07) is 14.8. The molecule has 0 aromatic heterocycles. The summed E-state index contributed by atoms with van der Waals surface area (Å²) < 4.78 is 0. The molecule has 0 aliphatic heterocycles. The molecule has 0 unspecified atom stereocenters. The Morgan fingerprint density at radius 1 is 0.889 bits per heavy atom. The predicted octanol–water partition coefficient (Wildman–Crippen LogP) is 2.43. The molecule has 0 bridgehead atoms. The van der Waals surface area contributed by atoms with E-state index in [-0.39, 0.29) is 0 Å². The van der Waals surface area contributed by atoms with Gasteiger partial charge in [-0.1, -0.05) is 24.3 Å². The van der Waals surface area contributed by atoms with Crippen molar-refractivity contribution in [3.8, 4) is 0 Å². The first-order valence-electron chi connectivity index (χ1n) is 6.21. The number of nitrogens with one attached hydrogen (secondary N) is 1. The van der Waals surface area contributed by atoms with Crippen LogP contribution < -0.4 is 16.8 Å². The minimum Gasteiger partial charge on any atom is -0.397 e. The molecule has 92 valence electrons. The van der Waals surface area contributed by atoms with E-state index in [1.54, 1.807) is 0 Å². The second-order valence-corrected chi connectivity index (χ2v) is 4.86. The van der Waals surface area contributed by atoms with Crippen LogP contribution in [0.15, 0.2) is 42.5 Å². The maximum absolute atomic E-state index is 5.81. The first kappa shape index (κ1) is 11.0. The van der Waals surface area contributed by atoms with Gasteiger partial charge in [0.05, 0.1) is 11.4 Å². The second-order valence-electron chi connectivity index (χ2n) is 4.86. The largest absolute Gasteiger partial charge is 0.397 e. The third-order valence-electron chi connectivity index (χ3n) is 3.51. The lowest BCUT2D eigenvalue weighted by Crippen LogP contribution is -2.19. The van der Waals surface area contributed by atoms with Gasteiger partial charge in [-0.05, 0) is 42.2 Å². The van der Waals surface area contributed by atoms with Crippen LogP contribution in [-0.4, -0.2) is 6.04 Å². The predicted molar refractivity (Wildman–Crippen MR) is 76.5 cm³/mol. The molecule has 2 aromatic rings. The monoisotopic (exact) mass is 239 g/mol. The molecule has 1 aliphatic rings. The zero-order valence-electron chi connectivity index (χ0n) is 10.2. The van der Waals surface area contributed by atoms with Gasteiger partial charge in [0.15, 0.2) is 0 Å². The summed E-state index contributed by atoms with van der Waals surface area (Å²) in [6.45, 7) is 0. The van der Waals surface area contributed by atoms with Crippen molar-refractivity contribution in [2.45, 2.75) is 18.9 Å². The van der Waals surface area contributed by atoms with E-state index in [2.05, 4.69) is 29.6 Å². The number of hydrogen-bond acceptors (Lipinski definition) is 3. The quantitative estimate of drug-likeness (QED) is 0.705. The van der Waals surface area contributed by atoms with E-state index in [1.807, 2.05) is 18.2 Å². The van der Waals surface area contributed by atoms with Gasteiger partial charge in [-0.25, -0.2) is 0 Å². The van der Waals surface area contributed by atoms with Gasteiger partial charge in [0.25, 0.3) is 0 Å². The van der Waals surface area contributed by atoms with Crippen molar-refractivity contribution in [2.75, 3.05) is 16.8 Å². The molecule has 0 saturated heterocycles. The molecule has 3 heteroatoms. The van der Waals surface area contributed by atoms with Crippen LogP contribution in [0.25, 0.3) is 0 Å². The van der Waals surface area contributed by atoms with Gasteiger partial charge >= 0.3 is 0 Å². The van der Waals surface area contributed by atoms with Crippen LogP contribution in [0.5, 0.6) is 0 Å². The van der Waals surface area contributed by atoms with Gasteiger partial charge in [-0.3, -0.25) is 0 Å². The topological polar surface area (TPSA) is 64.1 Å². The molecule has 0 heterocycles. The molecule has 0 atom stereocenters. The van der Waals surface area contributed by atoms with Crippen molar-refractivity contribution in [3.63, 3.8) is 0 Å². The van der Waals surface area contributed by atoms with E-state index in [4.69, 9.17) is 11.5 Å². The minimum absolute atomic E-state index is 0.449. The lowest BCUT2D eigenvalue weighted by Gasteiger charge is -2.14. The fraction of sp³-hybridized carbons (Fsp3) is 0.200. The minimum atomic E-state index is 0.449. The molecule has 5 N–H and O–H groups in total. The number of rotatable bonds is 2. The Kier molecular flexibility index (Phi) is 2.59. The Hall–Kier alpha value is -2.16. The summed E-state index contributed by atoms with van der Waals surface area (Å²) in [5.41, 5.74) is 16.7. The van der Waals surface area contributed by atoms with Crippen LogP contribution in [0, 0.1) is 0 Å². The van der Waals surface area contributed by atoms with Gasteiger partial charge in [0.2, 0.25) is 0 Å². The number of benzene rings is 2. The molecule has 3 rings (SSSR count). The molecule has 0 radical (unpaired) electrons. The fourth-order valence-electron chi connectivity index (χ4n) is 2.56. The Morgan fingerprint density at radius 3 is 2.17 bits per heavy atom. The van der Waals surface area contributed by atoms with Gasteiger partial charge in [0, 0.05) is 11.7 Å². The number of anilines is 3. The summed E-state index contributed by atoms with van der Waals surface area (Å²) in [4.78, 5) is 0. The van der Waals surface area contributed by atoms with E-state index in [1.165, 1.54) is 11.1 Å². The van der Waals surface area contributed by atoms with Gasteiger partial charge in [0.1, 0.15) is 0 Å². The summed E-state index contributed by atoms with van der Waals surface area (Å²) in [7, 11) is 0. The molecular formula is C15H17N3. The third-order valence-corrected chi connectivity index (χ3v) is 3.51. The SMILES string of the molecule is Nc1ccc(NC2Cc3ccccc3C2)cc1N. The Morgan fingerprint density at radius 2 is 1.56 bits per heavy atom. The molecular weight excluding hydrogens is 222 g/mol. The van der Waals surface area contributed by atoms with Crippen molar-refractivity contribution in [3.05, 3.63) is 53.6 Å². The zero-order valence-corrected chi connectivity index (χ0v) is 10.2. The Balaban J connectivity index is 1.74. The van der Waals surface area contributed by atoms with Crippen LogP contribution in [0.3, 0.4) is 0 Å². The van der Waals surface area contributed by atoms with E-state index in [0.717, 1.165) is 18.5 Å². The summed E-state index contributed by atoms with van der Waals surface area (Å²) in [5.74, 6) is 0. The Labute approximate surface area is 107 Å². The highest BCUT2D eigenvalue weighted by Gasteiger charge is 2.20. The summed E-state index contributed by atoms with van der Waals surface area (Å²) >= 11 is 0. The third kappa shape index (κ3) is 1.99. The maximum Gasteiger partial charge on any atom is 0.0568 e. The maximum atomic E-state index is 5.81. The number of hydrogen-bond donors (Lipinski definition) is 3. The first-order chi connectivity index (χ1) is 8.72.